The Hall–Kier alpha value is -2.47. The predicted octanol–water partition coefficient (Wildman–Crippen LogP) is 1.47. The maximum atomic E-state index is 12.2. The second-order valence-corrected chi connectivity index (χ2v) is 6.17. The molecule has 0 unspecified atom stereocenters. The van der Waals surface area contributed by atoms with Crippen molar-refractivity contribution in [2.75, 3.05) is 38.1 Å². The van der Waals surface area contributed by atoms with Gasteiger partial charge in [-0.25, -0.2) is 9.97 Å². The monoisotopic (exact) mass is 325 g/mol. The van der Waals surface area contributed by atoms with Crippen molar-refractivity contribution in [2.24, 2.45) is 0 Å². The van der Waals surface area contributed by atoms with Gasteiger partial charge < -0.3 is 15.1 Å². The third-order valence-corrected chi connectivity index (χ3v) is 4.39. The van der Waals surface area contributed by atoms with Gasteiger partial charge in [-0.05, 0) is 25.1 Å². The molecule has 1 amide bonds. The Morgan fingerprint density at radius 1 is 1.12 bits per heavy atom. The van der Waals surface area contributed by atoms with Crippen molar-refractivity contribution in [1.29, 1.82) is 0 Å². The highest BCUT2D eigenvalue weighted by molar-refractivity contribution is 5.93. The molecule has 1 aliphatic rings. The fraction of sp³-hybridized carbons (Fsp3) is 0.389. The molecule has 1 aliphatic heterocycles. The first kappa shape index (κ1) is 16.4. The highest BCUT2D eigenvalue weighted by Crippen LogP contribution is 2.11. The van der Waals surface area contributed by atoms with E-state index in [9.17, 15) is 4.79 Å². The molecule has 1 fully saturated rings. The van der Waals surface area contributed by atoms with Crippen LogP contribution in [0.25, 0.3) is 0 Å². The van der Waals surface area contributed by atoms with E-state index < -0.39 is 0 Å². The van der Waals surface area contributed by atoms with Crippen molar-refractivity contribution in [3.05, 3.63) is 53.3 Å². The normalized spacial score (nSPS) is 15.3. The molecule has 0 saturated carbocycles. The van der Waals surface area contributed by atoms with Crippen LogP contribution in [0.3, 0.4) is 0 Å². The van der Waals surface area contributed by atoms with Crippen LogP contribution in [0.4, 0.5) is 5.95 Å². The van der Waals surface area contributed by atoms with Crippen LogP contribution in [0.2, 0.25) is 0 Å². The van der Waals surface area contributed by atoms with Crippen molar-refractivity contribution in [3.8, 4) is 0 Å². The second kappa shape index (κ2) is 7.40. The largest absolute Gasteiger partial charge is 0.348 e. The number of nitrogens with zero attached hydrogens (tertiary/aromatic N) is 4. The smallest absolute Gasteiger partial charge is 0.254 e. The van der Waals surface area contributed by atoms with E-state index in [2.05, 4.69) is 32.1 Å². The lowest BCUT2D eigenvalue weighted by atomic mass is 10.1. The molecule has 1 aromatic carbocycles. The number of likely N-dealkylation sites (N-methyl/N-ethyl adjacent to an activating group) is 1. The lowest BCUT2D eigenvalue weighted by Crippen LogP contribution is -2.45. The molecule has 1 saturated heterocycles. The van der Waals surface area contributed by atoms with Crippen molar-refractivity contribution < 1.29 is 4.79 Å². The van der Waals surface area contributed by atoms with E-state index in [1.165, 1.54) is 5.56 Å². The van der Waals surface area contributed by atoms with Gasteiger partial charge in [0.05, 0.1) is 5.56 Å². The zero-order valence-electron chi connectivity index (χ0n) is 14.2. The number of carbonyl (C=O) groups is 1. The quantitative estimate of drug-likeness (QED) is 0.922. The molecular weight excluding hydrogens is 302 g/mol. The summed E-state index contributed by atoms with van der Waals surface area (Å²) < 4.78 is 0. The van der Waals surface area contributed by atoms with Crippen LogP contribution in [-0.4, -0.2) is 54.0 Å². The third kappa shape index (κ3) is 3.89. The zero-order valence-corrected chi connectivity index (χ0v) is 14.2. The van der Waals surface area contributed by atoms with E-state index in [0.717, 1.165) is 31.7 Å². The number of rotatable bonds is 4. The van der Waals surface area contributed by atoms with E-state index >= 15 is 0 Å². The Balaban J connectivity index is 1.59. The first-order valence-electron chi connectivity index (χ1n) is 8.22. The summed E-state index contributed by atoms with van der Waals surface area (Å²) in [5.41, 5.74) is 2.77. The summed E-state index contributed by atoms with van der Waals surface area (Å²) in [6.07, 6.45) is 3.21. The molecule has 1 N–H and O–H groups in total. The van der Waals surface area contributed by atoms with E-state index in [0.29, 0.717) is 18.1 Å². The van der Waals surface area contributed by atoms with E-state index in [4.69, 9.17) is 0 Å². The molecule has 6 heteroatoms. The number of aryl methyl sites for hydroxylation is 1. The van der Waals surface area contributed by atoms with Gasteiger partial charge in [0.15, 0.2) is 0 Å². The highest BCUT2D eigenvalue weighted by atomic mass is 16.1. The van der Waals surface area contributed by atoms with Crippen LogP contribution in [0.5, 0.6) is 0 Å². The molecule has 0 radical (unpaired) electrons. The number of hydrogen-bond donors (Lipinski definition) is 1. The van der Waals surface area contributed by atoms with Gasteiger partial charge >= 0.3 is 0 Å². The molecule has 1 aromatic heterocycles. The molecule has 126 valence electrons. The number of benzene rings is 1. The molecular formula is C18H23N5O. The van der Waals surface area contributed by atoms with Gasteiger partial charge in [0, 0.05) is 45.1 Å². The first-order chi connectivity index (χ1) is 11.6. The fourth-order valence-electron chi connectivity index (χ4n) is 2.69. The van der Waals surface area contributed by atoms with Crippen LogP contribution in [-0.2, 0) is 6.54 Å². The van der Waals surface area contributed by atoms with Crippen molar-refractivity contribution in [2.45, 2.75) is 13.5 Å². The molecule has 0 spiro atoms. The molecule has 0 aliphatic carbocycles. The Bertz CT molecular complexity index is 693. The number of hydrogen-bond acceptors (Lipinski definition) is 5. The minimum Gasteiger partial charge on any atom is -0.348 e. The molecule has 0 bridgehead atoms. The van der Waals surface area contributed by atoms with Crippen LogP contribution >= 0.6 is 0 Å². The predicted molar refractivity (Wildman–Crippen MR) is 94.1 cm³/mol. The summed E-state index contributed by atoms with van der Waals surface area (Å²) in [6.45, 7) is 6.37. The molecule has 6 nitrogen and oxygen atoms in total. The lowest BCUT2D eigenvalue weighted by molar-refractivity contribution is 0.0950. The maximum absolute atomic E-state index is 12.2. The Kier molecular flexibility index (Phi) is 5.05. The summed E-state index contributed by atoms with van der Waals surface area (Å²) in [5.74, 6) is 0.543. The average molecular weight is 325 g/mol. The summed E-state index contributed by atoms with van der Waals surface area (Å²) in [7, 11) is 2.11. The van der Waals surface area contributed by atoms with Gasteiger partial charge in [0.1, 0.15) is 0 Å². The van der Waals surface area contributed by atoms with E-state index in [1.54, 1.807) is 12.4 Å². The van der Waals surface area contributed by atoms with Crippen LogP contribution in [0.15, 0.2) is 36.7 Å². The topological polar surface area (TPSA) is 61.4 Å². The minimum atomic E-state index is -0.150. The summed E-state index contributed by atoms with van der Waals surface area (Å²) >= 11 is 0. The molecule has 0 atom stereocenters. The summed E-state index contributed by atoms with van der Waals surface area (Å²) in [6, 6.07) is 8.02. The maximum Gasteiger partial charge on any atom is 0.254 e. The zero-order chi connectivity index (χ0) is 16.9. The van der Waals surface area contributed by atoms with Gasteiger partial charge in [-0.15, -0.1) is 0 Å². The van der Waals surface area contributed by atoms with Crippen molar-refractivity contribution in [1.82, 2.24) is 20.2 Å². The molecule has 2 heterocycles. The van der Waals surface area contributed by atoms with Crippen molar-refractivity contribution >= 4 is 11.9 Å². The SMILES string of the molecule is Cc1ccccc1CNC(=O)c1cnc(N2CCN(C)CC2)nc1. The second-order valence-electron chi connectivity index (χ2n) is 6.17. The van der Waals surface area contributed by atoms with Crippen LogP contribution in [0.1, 0.15) is 21.5 Å². The number of nitrogens with one attached hydrogen (secondary N) is 1. The van der Waals surface area contributed by atoms with E-state index in [-0.39, 0.29) is 5.91 Å². The summed E-state index contributed by atoms with van der Waals surface area (Å²) in [4.78, 5) is 25.4. The fourth-order valence-corrected chi connectivity index (χ4v) is 2.69. The highest BCUT2D eigenvalue weighted by Gasteiger charge is 2.17. The minimum absolute atomic E-state index is 0.150. The van der Waals surface area contributed by atoms with Crippen molar-refractivity contribution in [3.63, 3.8) is 0 Å². The Morgan fingerprint density at radius 2 is 1.79 bits per heavy atom. The number of carbonyl (C=O) groups excluding carboxylic acids is 1. The van der Waals surface area contributed by atoms with Gasteiger partial charge in [0.2, 0.25) is 5.95 Å². The first-order valence-corrected chi connectivity index (χ1v) is 8.22. The standard InChI is InChI=1S/C18H23N5O/c1-14-5-3-4-6-15(14)11-19-17(24)16-12-20-18(21-13-16)23-9-7-22(2)8-10-23/h3-6,12-13H,7-11H2,1-2H3,(H,19,24). The number of anilines is 1. The Morgan fingerprint density at radius 3 is 2.46 bits per heavy atom. The molecule has 24 heavy (non-hydrogen) atoms. The lowest BCUT2D eigenvalue weighted by Gasteiger charge is -2.32. The molecule has 2 aromatic rings. The number of aromatic nitrogens is 2. The van der Waals surface area contributed by atoms with Gasteiger partial charge in [0.25, 0.3) is 5.91 Å². The number of piperazine rings is 1. The third-order valence-electron chi connectivity index (χ3n) is 4.39. The Labute approximate surface area is 142 Å². The van der Waals surface area contributed by atoms with Gasteiger partial charge in [-0.2, -0.15) is 0 Å². The van der Waals surface area contributed by atoms with Crippen LogP contribution in [0, 0.1) is 6.92 Å². The average Bonchev–Trinajstić information content (AvgIpc) is 2.62. The number of amides is 1. The molecule has 3 rings (SSSR count). The van der Waals surface area contributed by atoms with E-state index in [1.807, 2.05) is 31.2 Å². The van der Waals surface area contributed by atoms with Gasteiger partial charge in [-0.3, -0.25) is 4.79 Å². The summed E-state index contributed by atoms with van der Waals surface area (Å²) in [5, 5.41) is 2.92. The van der Waals surface area contributed by atoms with Gasteiger partial charge in [-0.1, -0.05) is 24.3 Å². The van der Waals surface area contributed by atoms with Crippen LogP contribution < -0.4 is 10.2 Å².